The van der Waals surface area contributed by atoms with E-state index in [-0.39, 0.29) is 44.0 Å². The van der Waals surface area contributed by atoms with E-state index in [0.29, 0.717) is 12.8 Å². The minimum atomic E-state index is -0.820. The van der Waals surface area contributed by atoms with Crippen LogP contribution in [-0.2, 0) is 28.6 Å². The average Bonchev–Trinajstić information content (AvgIpc) is 3.30. The Hall–Kier alpha value is -4.19. The van der Waals surface area contributed by atoms with Gasteiger partial charge in [0.05, 0.1) is 0 Å². The number of hydrogen-bond acceptors (Lipinski definition) is 6. The van der Waals surface area contributed by atoms with Crippen LogP contribution in [0.15, 0.2) is 122 Å². The third-order valence-electron chi connectivity index (χ3n) is 10.4. The van der Waals surface area contributed by atoms with Crippen LogP contribution in [0, 0.1) is 0 Å². The van der Waals surface area contributed by atoms with Crippen molar-refractivity contribution in [3.63, 3.8) is 0 Å². The van der Waals surface area contributed by atoms with Gasteiger partial charge in [-0.05, 0) is 122 Å². The SMILES string of the molecule is CC/C=C/C/C=C/C/C=C/CCCCCCCC(=O)OC[C@H](COC(=O)CCC/C=C/C/C=C/C/C=C/C/C=C/CCCCC)OC(=O)CCCCCCC/C=C/C/C=C/C/C=C/CC. The van der Waals surface area contributed by atoms with Gasteiger partial charge in [-0.1, -0.05) is 194 Å². The third-order valence-corrected chi connectivity index (χ3v) is 10.4. The molecule has 0 aliphatic heterocycles. The van der Waals surface area contributed by atoms with Gasteiger partial charge in [0, 0.05) is 19.3 Å². The highest BCUT2D eigenvalue weighted by Crippen LogP contribution is 2.12. The molecule has 366 valence electrons. The van der Waals surface area contributed by atoms with Gasteiger partial charge in [-0.15, -0.1) is 0 Å². The number of ether oxygens (including phenoxy) is 3. The quantitative estimate of drug-likeness (QED) is 0.0262. The van der Waals surface area contributed by atoms with E-state index in [9.17, 15) is 14.4 Å². The Bertz CT molecular complexity index is 1400. The summed E-state index contributed by atoms with van der Waals surface area (Å²) in [6, 6.07) is 0. The largest absolute Gasteiger partial charge is 0.462 e. The van der Waals surface area contributed by atoms with E-state index in [0.717, 1.165) is 141 Å². The molecule has 0 aromatic carbocycles. The number of rotatable bonds is 45. The van der Waals surface area contributed by atoms with Crippen LogP contribution < -0.4 is 0 Å². The van der Waals surface area contributed by atoms with Crippen molar-refractivity contribution < 1.29 is 28.6 Å². The summed E-state index contributed by atoms with van der Waals surface area (Å²) < 4.78 is 16.7. The van der Waals surface area contributed by atoms with Crippen LogP contribution in [0.3, 0.4) is 0 Å². The predicted octanol–water partition coefficient (Wildman–Crippen LogP) is 17.3. The lowest BCUT2D eigenvalue weighted by molar-refractivity contribution is -0.167. The lowest BCUT2D eigenvalue weighted by atomic mass is 10.1. The Morgan fingerprint density at radius 2 is 0.615 bits per heavy atom. The molecule has 0 aliphatic carbocycles. The summed E-state index contributed by atoms with van der Waals surface area (Å²) in [4.78, 5) is 38.0. The smallest absolute Gasteiger partial charge is 0.306 e. The van der Waals surface area contributed by atoms with Gasteiger partial charge in [0.25, 0.3) is 0 Å². The molecular weight excluding hydrogens is 805 g/mol. The summed E-state index contributed by atoms with van der Waals surface area (Å²) in [6.07, 6.45) is 71.8. The van der Waals surface area contributed by atoms with Gasteiger partial charge in [0.1, 0.15) is 13.2 Å². The summed E-state index contributed by atoms with van der Waals surface area (Å²) in [7, 11) is 0. The topological polar surface area (TPSA) is 78.9 Å². The summed E-state index contributed by atoms with van der Waals surface area (Å²) in [5.41, 5.74) is 0. The van der Waals surface area contributed by atoms with Crippen molar-refractivity contribution in [2.45, 2.75) is 219 Å². The summed E-state index contributed by atoms with van der Waals surface area (Å²) in [5, 5.41) is 0. The Morgan fingerprint density at radius 3 is 1.00 bits per heavy atom. The van der Waals surface area contributed by atoms with E-state index in [2.05, 4.69) is 142 Å². The highest BCUT2D eigenvalue weighted by Gasteiger charge is 2.19. The van der Waals surface area contributed by atoms with E-state index >= 15 is 0 Å². The number of carbonyl (C=O) groups excluding carboxylic acids is 3. The average molecular weight is 899 g/mol. The van der Waals surface area contributed by atoms with E-state index in [1.54, 1.807) is 0 Å². The first-order chi connectivity index (χ1) is 32.0. The van der Waals surface area contributed by atoms with Crippen molar-refractivity contribution in [2.24, 2.45) is 0 Å². The van der Waals surface area contributed by atoms with Gasteiger partial charge < -0.3 is 14.2 Å². The summed E-state index contributed by atoms with van der Waals surface area (Å²) in [5.74, 6) is -1.01. The highest BCUT2D eigenvalue weighted by atomic mass is 16.6. The van der Waals surface area contributed by atoms with Crippen LogP contribution in [0.2, 0.25) is 0 Å². The minimum absolute atomic E-state index is 0.115. The van der Waals surface area contributed by atoms with Crippen LogP contribution in [0.4, 0.5) is 0 Å². The van der Waals surface area contributed by atoms with E-state index in [1.807, 2.05) is 0 Å². The Kier molecular flexibility index (Phi) is 49.1. The first-order valence-electron chi connectivity index (χ1n) is 26.0. The number of carbonyl (C=O) groups is 3. The molecule has 65 heavy (non-hydrogen) atoms. The lowest BCUT2D eigenvalue weighted by Crippen LogP contribution is -2.30. The van der Waals surface area contributed by atoms with Crippen molar-refractivity contribution in [1.82, 2.24) is 0 Å². The van der Waals surface area contributed by atoms with Crippen molar-refractivity contribution in [1.29, 1.82) is 0 Å². The maximum Gasteiger partial charge on any atom is 0.306 e. The van der Waals surface area contributed by atoms with Crippen molar-refractivity contribution >= 4 is 17.9 Å². The molecule has 0 N–H and O–H groups in total. The normalized spacial score (nSPS) is 13.1. The van der Waals surface area contributed by atoms with Crippen LogP contribution in [0.5, 0.6) is 0 Å². The minimum Gasteiger partial charge on any atom is -0.462 e. The van der Waals surface area contributed by atoms with Crippen LogP contribution in [0.1, 0.15) is 213 Å². The van der Waals surface area contributed by atoms with Crippen LogP contribution >= 0.6 is 0 Å². The molecule has 0 spiro atoms. The number of allylic oxidation sites excluding steroid dienone is 20. The molecule has 0 saturated heterocycles. The zero-order valence-electron chi connectivity index (χ0n) is 41.7. The molecule has 0 saturated carbocycles. The zero-order chi connectivity index (χ0) is 47.2. The Balaban J connectivity index is 4.55. The van der Waals surface area contributed by atoms with Crippen molar-refractivity contribution in [3.05, 3.63) is 122 Å². The molecule has 1 atom stereocenters. The molecule has 6 nitrogen and oxygen atoms in total. The summed E-state index contributed by atoms with van der Waals surface area (Å²) >= 11 is 0. The highest BCUT2D eigenvalue weighted by molar-refractivity contribution is 5.71. The molecule has 6 heteroatoms. The maximum atomic E-state index is 12.8. The molecule has 0 fully saturated rings. The molecular formula is C59H94O6. The first-order valence-corrected chi connectivity index (χ1v) is 26.0. The second-order valence-corrected chi connectivity index (χ2v) is 16.7. The fourth-order valence-corrected chi connectivity index (χ4v) is 6.58. The summed E-state index contributed by atoms with van der Waals surface area (Å²) in [6.45, 7) is 6.29. The van der Waals surface area contributed by atoms with E-state index in [4.69, 9.17) is 14.2 Å². The van der Waals surface area contributed by atoms with Gasteiger partial charge in [-0.25, -0.2) is 0 Å². The molecule has 0 unspecified atom stereocenters. The standard InChI is InChI=1S/C59H94O6/c1-4-7-10-13-16-19-22-25-28-29-32-34-37-40-43-46-49-52-58(61)64-55-56(65-59(62)53-50-47-44-41-38-35-31-27-24-21-18-15-12-9-6-3)54-63-57(60)51-48-45-42-39-36-33-30-26-23-20-17-14-11-8-5-2/h8-9,11-12,16-21,25-28,30-32,34,40,43,56H,4-7,10,13-15,22-24,29,33,35-39,41-42,44-55H2,1-3H3/b11-8+,12-9+,19-16+,20-17+,21-18+,28-25+,30-26+,31-27+,34-32+,43-40+/t56-/m1/s1. The lowest BCUT2D eigenvalue weighted by Gasteiger charge is -2.18. The van der Waals surface area contributed by atoms with Crippen molar-refractivity contribution in [3.8, 4) is 0 Å². The molecule has 0 amide bonds. The first kappa shape index (κ1) is 60.8. The van der Waals surface area contributed by atoms with Crippen LogP contribution in [-0.4, -0.2) is 37.2 Å². The molecule has 0 aromatic rings. The van der Waals surface area contributed by atoms with Gasteiger partial charge in [0.15, 0.2) is 6.10 Å². The van der Waals surface area contributed by atoms with Gasteiger partial charge in [-0.2, -0.15) is 0 Å². The zero-order valence-corrected chi connectivity index (χ0v) is 41.7. The number of esters is 3. The molecule has 0 rings (SSSR count). The molecule has 0 aliphatic rings. The second-order valence-electron chi connectivity index (χ2n) is 16.7. The van der Waals surface area contributed by atoms with Gasteiger partial charge in [0.2, 0.25) is 0 Å². The Morgan fingerprint density at radius 1 is 0.323 bits per heavy atom. The fraction of sp³-hybridized carbons (Fsp3) is 0.610. The third kappa shape index (κ3) is 50.7. The van der Waals surface area contributed by atoms with Crippen molar-refractivity contribution in [2.75, 3.05) is 13.2 Å². The molecule has 0 heterocycles. The van der Waals surface area contributed by atoms with Gasteiger partial charge >= 0.3 is 17.9 Å². The second kappa shape index (κ2) is 52.4. The Labute approximate surface area is 399 Å². The fourth-order valence-electron chi connectivity index (χ4n) is 6.58. The maximum absolute atomic E-state index is 12.8. The monoisotopic (exact) mass is 899 g/mol. The molecule has 0 radical (unpaired) electrons. The van der Waals surface area contributed by atoms with Crippen LogP contribution in [0.25, 0.3) is 0 Å². The number of unbranched alkanes of at least 4 members (excludes halogenated alkanes) is 14. The number of hydrogen-bond donors (Lipinski definition) is 0. The molecule has 0 aromatic heterocycles. The molecule has 0 bridgehead atoms. The predicted molar refractivity (Wildman–Crippen MR) is 279 cm³/mol. The van der Waals surface area contributed by atoms with Gasteiger partial charge in [-0.3, -0.25) is 14.4 Å². The van der Waals surface area contributed by atoms with E-state index < -0.39 is 6.10 Å². The van der Waals surface area contributed by atoms with E-state index in [1.165, 1.54) is 25.7 Å².